The molecule has 13 heteroatoms. The van der Waals surface area contributed by atoms with Gasteiger partial charge in [0, 0.05) is 32.2 Å². The molecular formula is C41H64N6O7. The summed E-state index contributed by atoms with van der Waals surface area (Å²) < 4.78 is 0. The molecule has 0 aromatic heterocycles. The Kier molecular flexibility index (Phi) is 12.9. The summed E-state index contributed by atoms with van der Waals surface area (Å²) in [5.41, 5.74) is -1.36. The molecule has 2 aliphatic carbocycles. The fourth-order valence-corrected chi connectivity index (χ4v) is 8.75. The summed E-state index contributed by atoms with van der Waals surface area (Å²) in [5, 5.41) is 11.4. The third-order valence-corrected chi connectivity index (χ3v) is 12.1. The lowest BCUT2D eigenvalue weighted by Gasteiger charge is -2.39. The van der Waals surface area contributed by atoms with Crippen molar-refractivity contribution in [2.45, 2.75) is 137 Å². The molecule has 1 aromatic rings. The second kappa shape index (κ2) is 16.4. The highest BCUT2D eigenvalue weighted by Gasteiger charge is 2.69. The van der Waals surface area contributed by atoms with Crippen LogP contribution in [0.1, 0.15) is 113 Å². The number of nitrogens with zero attached hydrogens (tertiary/aromatic N) is 2. The van der Waals surface area contributed by atoms with E-state index in [0.29, 0.717) is 24.2 Å². The van der Waals surface area contributed by atoms with Gasteiger partial charge in [0.2, 0.25) is 28.5 Å². The largest absolute Gasteiger partial charge is 0.369 e. The van der Waals surface area contributed by atoms with Crippen LogP contribution in [0.15, 0.2) is 22.2 Å². The quantitative estimate of drug-likeness (QED) is 0.156. The molecule has 4 rings (SSSR count). The number of hydrogen-bond donors (Lipinski definition) is 4. The van der Waals surface area contributed by atoms with Crippen molar-refractivity contribution in [3.05, 3.63) is 38.7 Å². The topological polar surface area (TPSA) is 174 Å². The molecule has 1 aliphatic heterocycles. The van der Waals surface area contributed by atoms with Crippen LogP contribution in [0.2, 0.25) is 0 Å². The molecule has 1 saturated heterocycles. The van der Waals surface area contributed by atoms with E-state index in [-0.39, 0.29) is 48.6 Å². The summed E-state index contributed by atoms with van der Waals surface area (Å²) in [5.74, 6) is -2.55. The molecule has 3 fully saturated rings. The Balaban J connectivity index is 1.57. The molecule has 13 nitrogen and oxygen atoms in total. The van der Waals surface area contributed by atoms with Gasteiger partial charge in [0.15, 0.2) is 0 Å². The minimum atomic E-state index is -1.04. The predicted octanol–water partition coefficient (Wildman–Crippen LogP) is 3.32. The molecule has 0 bridgehead atoms. The van der Waals surface area contributed by atoms with E-state index in [1.807, 2.05) is 48.5 Å². The fraction of sp³-hybridized carbons (Fsp3) is 0.732. The summed E-state index contributed by atoms with van der Waals surface area (Å²) in [6, 6.07) is -3.80. The second-order valence-corrected chi connectivity index (χ2v) is 18.5. The highest BCUT2D eigenvalue weighted by Crippen LogP contribution is 2.65. The Morgan fingerprint density at radius 2 is 1.59 bits per heavy atom. The lowest BCUT2D eigenvalue weighted by Crippen LogP contribution is -2.62. The van der Waals surface area contributed by atoms with Gasteiger partial charge in [0.1, 0.15) is 12.1 Å². The second-order valence-electron chi connectivity index (χ2n) is 18.5. The lowest BCUT2D eigenvalue weighted by atomic mass is 9.81. The highest BCUT2D eigenvalue weighted by molar-refractivity contribution is 6.38. The first-order valence-electron chi connectivity index (χ1n) is 19.7. The Labute approximate surface area is 320 Å². The van der Waals surface area contributed by atoms with Crippen LogP contribution in [0.5, 0.6) is 0 Å². The number of amides is 5. The van der Waals surface area contributed by atoms with Gasteiger partial charge < -0.3 is 31.1 Å². The number of urea groups is 1. The van der Waals surface area contributed by atoms with Crippen LogP contribution in [0.25, 0.3) is 0 Å². The Morgan fingerprint density at radius 1 is 0.963 bits per heavy atom. The molecule has 0 spiro atoms. The van der Waals surface area contributed by atoms with Gasteiger partial charge in [0.05, 0.1) is 17.8 Å². The van der Waals surface area contributed by atoms with Crippen LogP contribution < -0.4 is 37.0 Å². The number of likely N-dealkylation sites (N-methyl/N-ethyl adjacent to an activating group) is 1. The molecule has 1 heterocycles. The molecule has 3 aliphatic rings. The van der Waals surface area contributed by atoms with Gasteiger partial charge in [-0.25, -0.2) is 4.79 Å². The predicted molar refractivity (Wildman–Crippen MR) is 210 cm³/mol. The lowest BCUT2D eigenvalue weighted by molar-refractivity contribution is -0.144. The van der Waals surface area contributed by atoms with Crippen molar-refractivity contribution in [1.29, 1.82) is 0 Å². The summed E-state index contributed by atoms with van der Waals surface area (Å²) in [7, 11) is 1.75. The van der Waals surface area contributed by atoms with Crippen molar-refractivity contribution >= 4 is 35.2 Å². The van der Waals surface area contributed by atoms with E-state index in [4.69, 9.17) is 0 Å². The van der Waals surface area contributed by atoms with E-state index < -0.39 is 69.5 Å². The summed E-state index contributed by atoms with van der Waals surface area (Å²) in [4.78, 5) is 97.1. The number of rotatable bonds is 15. The Hall–Kier alpha value is -4.03. The van der Waals surface area contributed by atoms with E-state index in [1.54, 1.807) is 16.8 Å². The molecule has 300 valence electrons. The number of carbonyl (C=O) groups excluding carboxylic acids is 5. The van der Waals surface area contributed by atoms with Gasteiger partial charge in [0.25, 0.3) is 5.91 Å². The number of piperidine rings is 1. The molecule has 54 heavy (non-hydrogen) atoms. The van der Waals surface area contributed by atoms with Crippen LogP contribution in [0.3, 0.4) is 0 Å². The van der Waals surface area contributed by atoms with Gasteiger partial charge in [-0.2, -0.15) is 0 Å². The van der Waals surface area contributed by atoms with Crippen LogP contribution in [0, 0.1) is 28.6 Å². The van der Waals surface area contributed by atoms with E-state index in [1.165, 1.54) is 6.08 Å². The molecule has 1 aromatic carbocycles. The standard InChI is InChI=1S/C41H64N6O7/c1-12-17-25(32(48)36(52)42-20-13-2)43-35(51)31-27-24(41(27,9)10)21-47(31)37(53)29(23-18-15-14-16-19-23)45-38(54)44-26(39(3,4)5)22-46(11)30-28(40(6,7)8)33(49)34(30)50/h13,23-27,29,31H,2,12,14-22H2,1,3-11H3,(H,42,52)(H,43,51)(H2,44,45,54)/t24?,25?,26-,27+,29+,31+/m1/s1. The third-order valence-electron chi connectivity index (χ3n) is 12.1. The highest BCUT2D eigenvalue weighted by atomic mass is 16.2. The normalized spacial score (nSPS) is 22.7. The number of ketones is 1. The van der Waals surface area contributed by atoms with Crippen molar-refractivity contribution in [3.63, 3.8) is 0 Å². The number of carbonyl (C=O) groups is 5. The maximum Gasteiger partial charge on any atom is 0.315 e. The number of hydrogen-bond acceptors (Lipinski definition) is 8. The van der Waals surface area contributed by atoms with E-state index in [9.17, 15) is 33.6 Å². The van der Waals surface area contributed by atoms with Crippen molar-refractivity contribution in [1.82, 2.24) is 26.2 Å². The Morgan fingerprint density at radius 3 is 2.15 bits per heavy atom. The van der Waals surface area contributed by atoms with E-state index in [0.717, 1.165) is 32.1 Å². The third kappa shape index (κ3) is 8.91. The first-order chi connectivity index (χ1) is 25.1. The summed E-state index contributed by atoms with van der Waals surface area (Å²) >= 11 is 0. The molecule has 4 N–H and O–H groups in total. The molecule has 6 atom stereocenters. The van der Waals surface area contributed by atoms with Crippen molar-refractivity contribution in [3.8, 4) is 0 Å². The van der Waals surface area contributed by atoms with Crippen LogP contribution >= 0.6 is 0 Å². The van der Waals surface area contributed by atoms with Crippen molar-refractivity contribution in [2.75, 3.05) is 31.6 Å². The molecule has 5 amide bonds. The smallest absolute Gasteiger partial charge is 0.315 e. The summed E-state index contributed by atoms with van der Waals surface area (Å²) in [6.45, 7) is 21.9. The van der Waals surface area contributed by atoms with Gasteiger partial charge in [-0.3, -0.25) is 28.8 Å². The Bertz CT molecular complexity index is 1670. The van der Waals surface area contributed by atoms with Gasteiger partial charge in [-0.05, 0) is 53.3 Å². The molecule has 2 saturated carbocycles. The zero-order chi connectivity index (χ0) is 40.5. The van der Waals surface area contributed by atoms with Gasteiger partial charge in [-0.1, -0.05) is 94.1 Å². The minimum Gasteiger partial charge on any atom is -0.369 e. The molecule has 2 unspecified atom stereocenters. The first-order valence-corrected chi connectivity index (χ1v) is 19.7. The van der Waals surface area contributed by atoms with Crippen LogP contribution in [-0.2, 0) is 24.6 Å². The fourth-order valence-electron chi connectivity index (χ4n) is 8.75. The zero-order valence-electron chi connectivity index (χ0n) is 34.1. The maximum absolute atomic E-state index is 14.7. The number of anilines is 1. The van der Waals surface area contributed by atoms with E-state index in [2.05, 4.69) is 41.7 Å². The number of fused-ring (bicyclic) bond motifs is 1. The van der Waals surface area contributed by atoms with Crippen molar-refractivity contribution < 1.29 is 24.0 Å². The molecular weight excluding hydrogens is 688 g/mol. The average molecular weight is 753 g/mol. The molecule has 0 radical (unpaired) electrons. The first kappa shape index (κ1) is 42.7. The zero-order valence-corrected chi connectivity index (χ0v) is 34.1. The SMILES string of the molecule is C=CCNC(=O)C(=O)C(CCC)NC(=O)[C@@H]1[C@@H]2C(CN1C(=O)[C@@H](NC(=O)N[C@H](CN(C)c1c(C(C)(C)C)c(=O)c1=O)C(C)(C)C)C1CCCCC1)C2(C)C. The van der Waals surface area contributed by atoms with Crippen molar-refractivity contribution in [2.24, 2.45) is 28.6 Å². The average Bonchev–Trinajstić information content (AvgIpc) is 3.39. The van der Waals surface area contributed by atoms with Crippen LogP contribution in [-0.4, -0.2) is 85.3 Å². The summed E-state index contributed by atoms with van der Waals surface area (Å²) in [6.07, 6.45) is 6.65. The number of likely N-dealkylation sites (tertiary alicyclic amines) is 1. The van der Waals surface area contributed by atoms with Crippen LogP contribution in [0.4, 0.5) is 10.5 Å². The van der Waals surface area contributed by atoms with Gasteiger partial charge >= 0.3 is 6.03 Å². The van der Waals surface area contributed by atoms with Gasteiger partial charge in [-0.15, -0.1) is 6.58 Å². The number of nitrogens with one attached hydrogen (secondary N) is 4. The number of Topliss-reactive ketones (excluding diaryl/α,β-unsaturated/α-hetero) is 1. The minimum absolute atomic E-state index is 0.0726. The van der Waals surface area contributed by atoms with E-state index >= 15 is 0 Å². The maximum atomic E-state index is 14.7. The monoisotopic (exact) mass is 752 g/mol.